The van der Waals surface area contributed by atoms with E-state index in [9.17, 15) is 5.21 Å². The van der Waals surface area contributed by atoms with Gasteiger partial charge in [-0.1, -0.05) is 30.8 Å². The Labute approximate surface area is 130 Å². The molecule has 0 amide bonds. The van der Waals surface area contributed by atoms with Gasteiger partial charge in [-0.15, -0.1) is 0 Å². The maximum atomic E-state index is 9.91. The minimum atomic E-state index is -0.351. The summed E-state index contributed by atoms with van der Waals surface area (Å²) in [6.45, 7) is 7.93. The third-order valence-corrected chi connectivity index (χ3v) is 4.02. The summed E-state index contributed by atoms with van der Waals surface area (Å²) in [6.07, 6.45) is 2.65. The van der Waals surface area contributed by atoms with Crippen LogP contribution in [0.2, 0.25) is 0 Å². The molecule has 0 unspecified atom stereocenters. The van der Waals surface area contributed by atoms with Crippen LogP contribution in [0.4, 0.5) is 0 Å². The molecular formula is C17H22NO2S+. The first-order valence-corrected chi connectivity index (χ1v) is 7.90. The summed E-state index contributed by atoms with van der Waals surface area (Å²) in [7, 11) is 0. The normalized spacial score (nSPS) is 12.7. The first-order chi connectivity index (χ1) is 9.88. The van der Waals surface area contributed by atoms with Gasteiger partial charge in [-0.05, 0) is 41.0 Å². The predicted octanol–water partition coefficient (Wildman–Crippen LogP) is 4.61. The van der Waals surface area contributed by atoms with Crippen molar-refractivity contribution in [3.63, 3.8) is 0 Å². The molecule has 0 aliphatic carbocycles. The molecule has 0 aliphatic rings. The van der Waals surface area contributed by atoms with E-state index in [-0.39, 0.29) is 5.54 Å². The Bertz CT molecular complexity index is 621. The van der Waals surface area contributed by atoms with Gasteiger partial charge in [-0.2, -0.15) is 0 Å². The number of nitrogens with zero attached hydrogens (tertiary/aromatic N) is 1. The third-order valence-electron chi connectivity index (χ3n) is 3.09. The maximum absolute atomic E-state index is 9.91. The maximum Gasteiger partial charge on any atom is 0.258 e. The quantitative estimate of drug-likeness (QED) is 0.388. The van der Waals surface area contributed by atoms with Gasteiger partial charge < -0.3 is 4.42 Å². The zero-order valence-corrected chi connectivity index (χ0v) is 13.8. The highest BCUT2D eigenvalue weighted by molar-refractivity contribution is 7.99. The summed E-state index contributed by atoms with van der Waals surface area (Å²) in [5.41, 5.74) is 0.977. The van der Waals surface area contributed by atoms with Crippen molar-refractivity contribution < 1.29 is 14.4 Å². The molecule has 21 heavy (non-hydrogen) atoms. The number of aryl methyl sites for hydroxylation is 1. The molecule has 2 aromatic rings. The lowest BCUT2D eigenvalue weighted by atomic mass is 10.1. The van der Waals surface area contributed by atoms with Crippen molar-refractivity contribution in [2.24, 2.45) is 0 Å². The first kappa shape index (κ1) is 15.7. The average Bonchev–Trinajstić information content (AvgIpc) is 2.86. The first-order valence-electron chi connectivity index (χ1n) is 7.08. The molecule has 0 fully saturated rings. The highest BCUT2D eigenvalue weighted by Crippen LogP contribution is 2.29. The number of benzene rings is 1. The van der Waals surface area contributed by atoms with Crippen molar-refractivity contribution in [3.8, 4) is 0 Å². The van der Waals surface area contributed by atoms with Crippen molar-refractivity contribution in [1.29, 1.82) is 0 Å². The van der Waals surface area contributed by atoms with Crippen molar-refractivity contribution in [2.75, 3.05) is 0 Å². The van der Waals surface area contributed by atoms with Crippen LogP contribution in [0.5, 0.6) is 0 Å². The van der Waals surface area contributed by atoms with Crippen LogP contribution in [-0.2, 0) is 6.42 Å². The molecule has 1 aromatic heterocycles. The molecule has 2 rings (SSSR count). The molecule has 0 radical (unpaired) electrons. The SMILES string of the molecule is CCc1ccc(Sc2ccc(/C=[N+](\O)C(C)(C)C)o2)cc1. The molecular weight excluding hydrogens is 282 g/mol. The van der Waals surface area contributed by atoms with E-state index >= 15 is 0 Å². The van der Waals surface area contributed by atoms with Gasteiger partial charge in [0.25, 0.3) is 6.21 Å². The molecule has 1 N–H and O–H groups in total. The van der Waals surface area contributed by atoms with E-state index in [0.29, 0.717) is 5.76 Å². The molecule has 0 spiro atoms. The largest absolute Gasteiger partial charge is 0.444 e. The smallest absolute Gasteiger partial charge is 0.258 e. The fraction of sp³-hybridized carbons (Fsp3) is 0.353. The van der Waals surface area contributed by atoms with Crippen LogP contribution in [0, 0.1) is 0 Å². The van der Waals surface area contributed by atoms with Crippen molar-refractivity contribution in [1.82, 2.24) is 0 Å². The van der Waals surface area contributed by atoms with Crippen LogP contribution in [0.15, 0.2) is 50.8 Å². The number of hydrogen-bond acceptors (Lipinski definition) is 3. The highest BCUT2D eigenvalue weighted by Gasteiger charge is 2.24. The third kappa shape index (κ3) is 4.39. The molecule has 0 saturated carbocycles. The van der Waals surface area contributed by atoms with Crippen molar-refractivity contribution in [3.05, 3.63) is 47.7 Å². The molecule has 0 bridgehead atoms. The van der Waals surface area contributed by atoms with Crippen molar-refractivity contribution >= 4 is 18.0 Å². The Morgan fingerprint density at radius 1 is 1.14 bits per heavy atom. The number of furan rings is 1. The lowest BCUT2D eigenvalue weighted by molar-refractivity contribution is -0.816. The lowest BCUT2D eigenvalue weighted by Gasteiger charge is -2.08. The van der Waals surface area contributed by atoms with E-state index in [0.717, 1.165) is 21.1 Å². The molecule has 4 heteroatoms. The predicted molar refractivity (Wildman–Crippen MR) is 85.6 cm³/mol. The van der Waals surface area contributed by atoms with Gasteiger partial charge in [0, 0.05) is 25.7 Å². The Morgan fingerprint density at radius 2 is 1.81 bits per heavy atom. The van der Waals surface area contributed by atoms with E-state index in [2.05, 4.69) is 31.2 Å². The molecule has 3 nitrogen and oxygen atoms in total. The monoisotopic (exact) mass is 304 g/mol. The van der Waals surface area contributed by atoms with Gasteiger partial charge in [0.15, 0.2) is 10.9 Å². The fourth-order valence-electron chi connectivity index (χ4n) is 1.68. The molecule has 112 valence electrons. The lowest BCUT2D eigenvalue weighted by Crippen LogP contribution is -2.31. The summed E-state index contributed by atoms with van der Waals surface area (Å²) in [5.74, 6) is 0.639. The molecule has 0 aliphatic heterocycles. The molecule has 1 heterocycles. The van der Waals surface area contributed by atoms with Gasteiger partial charge in [0.05, 0.1) is 0 Å². The van der Waals surface area contributed by atoms with Gasteiger partial charge in [-0.25, -0.2) is 0 Å². The van der Waals surface area contributed by atoms with Crippen LogP contribution >= 0.6 is 11.8 Å². The summed E-state index contributed by atoms with van der Waals surface area (Å²) in [4.78, 5) is 1.14. The van der Waals surface area contributed by atoms with Crippen LogP contribution in [-0.4, -0.2) is 21.7 Å². The highest BCUT2D eigenvalue weighted by atomic mass is 32.2. The Hall–Kier alpha value is -1.68. The second-order valence-corrected chi connectivity index (χ2v) is 6.98. The van der Waals surface area contributed by atoms with E-state index in [4.69, 9.17) is 4.42 Å². The van der Waals surface area contributed by atoms with Gasteiger partial charge in [-0.3, -0.25) is 5.21 Å². The second-order valence-electron chi connectivity index (χ2n) is 5.90. The van der Waals surface area contributed by atoms with Gasteiger partial charge in [0.2, 0.25) is 5.54 Å². The number of hydrogen-bond donors (Lipinski definition) is 1. The minimum Gasteiger partial charge on any atom is -0.444 e. The summed E-state index contributed by atoms with van der Waals surface area (Å²) in [5, 5.41) is 10.7. The Morgan fingerprint density at radius 3 is 2.38 bits per heavy atom. The minimum absolute atomic E-state index is 0.351. The van der Waals surface area contributed by atoms with Crippen LogP contribution in [0.25, 0.3) is 0 Å². The fourth-order valence-corrected chi connectivity index (χ4v) is 2.46. The van der Waals surface area contributed by atoms with E-state index in [1.807, 2.05) is 32.9 Å². The molecule has 0 saturated heterocycles. The van der Waals surface area contributed by atoms with Crippen LogP contribution in [0.1, 0.15) is 39.0 Å². The zero-order chi connectivity index (χ0) is 15.5. The standard InChI is InChI=1S/C17H22NO2S/c1-5-13-6-9-15(10-7-13)21-16-11-8-14(20-16)12-18(19)17(2,3)4/h6-12,19H,5H2,1-4H3/q+1/b18-12-. The summed E-state index contributed by atoms with van der Waals surface area (Å²) in [6, 6.07) is 12.2. The van der Waals surface area contributed by atoms with E-state index in [1.54, 1.807) is 18.0 Å². The topological polar surface area (TPSA) is 36.4 Å². The van der Waals surface area contributed by atoms with E-state index < -0.39 is 0 Å². The van der Waals surface area contributed by atoms with Crippen LogP contribution in [0.3, 0.4) is 0 Å². The Kier molecular flexibility index (Phi) is 4.78. The number of rotatable bonds is 4. The van der Waals surface area contributed by atoms with Crippen LogP contribution < -0.4 is 0 Å². The average molecular weight is 304 g/mol. The molecule has 1 aromatic carbocycles. The second kappa shape index (κ2) is 6.39. The zero-order valence-electron chi connectivity index (χ0n) is 13.0. The molecule has 0 atom stereocenters. The van der Waals surface area contributed by atoms with E-state index in [1.165, 1.54) is 5.56 Å². The summed E-state index contributed by atoms with van der Waals surface area (Å²) >= 11 is 1.58. The number of hydroxylamine groups is 1. The van der Waals surface area contributed by atoms with Crippen molar-refractivity contribution in [2.45, 2.75) is 49.6 Å². The summed E-state index contributed by atoms with van der Waals surface area (Å²) < 4.78 is 6.88. The Balaban J connectivity index is 2.09. The van der Waals surface area contributed by atoms with Gasteiger partial charge in [0.1, 0.15) is 0 Å². The van der Waals surface area contributed by atoms with Gasteiger partial charge >= 0.3 is 0 Å².